The van der Waals surface area contributed by atoms with Gasteiger partial charge in [0.05, 0.1) is 30.0 Å². The van der Waals surface area contributed by atoms with Crippen molar-refractivity contribution in [3.63, 3.8) is 0 Å². The molecule has 0 atom stereocenters. The fraction of sp³-hybridized carbons (Fsp3) is 0.625. The molecule has 5 rings (SSSR count). The molecule has 10 heteroatoms. The van der Waals surface area contributed by atoms with E-state index in [4.69, 9.17) is 26.3 Å². The topological polar surface area (TPSA) is 94.8 Å². The molecule has 3 aliphatic heterocycles. The van der Waals surface area contributed by atoms with Gasteiger partial charge >= 0.3 is 0 Å². The zero-order chi connectivity index (χ0) is 23.9. The summed E-state index contributed by atoms with van der Waals surface area (Å²) in [6, 6.07) is 1.87. The highest BCUT2D eigenvalue weighted by Gasteiger charge is 2.40. The van der Waals surface area contributed by atoms with Gasteiger partial charge in [-0.15, -0.1) is 0 Å². The number of aromatic nitrogens is 3. The standard InChI is InChI=1S/C24H32ClN5O3S/c1-23(2,32)16-12-30(13-16)22-20(25)18(3-7-26-22)34-19-11-27-21(17(14-31)28-19)29-8-4-24(5-9-29)6-10-33-15-24/h3,7,11,16,31-32H,4-6,8-10,12-15H2,1-2H3. The average molecular weight is 506 g/mol. The van der Waals surface area contributed by atoms with Crippen LogP contribution in [-0.2, 0) is 11.3 Å². The van der Waals surface area contributed by atoms with Crippen molar-refractivity contribution < 1.29 is 14.9 Å². The van der Waals surface area contributed by atoms with E-state index in [-0.39, 0.29) is 12.5 Å². The number of hydrogen-bond donors (Lipinski definition) is 2. The average Bonchev–Trinajstić information content (AvgIpc) is 3.23. The largest absolute Gasteiger partial charge is 0.390 e. The van der Waals surface area contributed by atoms with Crippen molar-refractivity contribution in [2.45, 2.75) is 55.2 Å². The Morgan fingerprint density at radius 2 is 1.94 bits per heavy atom. The highest BCUT2D eigenvalue weighted by molar-refractivity contribution is 7.99. The SMILES string of the molecule is CC(C)(O)C1CN(c2nccc(Sc3cnc(N4CCC5(CCOC5)CC4)c(CO)n3)c2Cl)C1. The lowest BCUT2D eigenvalue weighted by atomic mass is 9.78. The van der Waals surface area contributed by atoms with Crippen LogP contribution in [0.2, 0.25) is 5.02 Å². The predicted octanol–water partition coefficient (Wildman–Crippen LogP) is 3.38. The van der Waals surface area contributed by atoms with Gasteiger partial charge in [-0.1, -0.05) is 23.4 Å². The maximum atomic E-state index is 10.2. The number of aliphatic hydroxyl groups is 2. The second-order valence-electron chi connectivity index (χ2n) is 10.2. The summed E-state index contributed by atoms with van der Waals surface area (Å²) in [7, 11) is 0. The summed E-state index contributed by atoms with van der Waals surface area (Å²) in [5.41, 5.74) is 0.190. The van der Waals surface area contributed by atoms with Crippen LogP contribution < -0.4 is 9.80 Å². The molecule has 0 aromatic carbocycles. The number of aliphatic hydroxyl groups excluding tert-OH is 1. The van der Waals surface area contributed by atoms with Crippen molar-refractivity contribution in [1.82, 2.24) is 15.0 Å². The van der Waals surface area contributed by atoms with Gasteiger partial charge in [0.1, 0.15) is 16.5 Å². The van der Waals surface area contributed by atoms with Gasteiger partial charge in [0.2, 0.25) is 0 Å². The summed E-state index contributed by atoms with van der Waals surface area (Å²) >= 11 is 8.13. The molecule has 3 saturated heterocycles. The van der Waals surface area contributed by atoms with E-state index in [0.29, 0.717) is 21.2 Å². The highest BCUT2D eigenvalue weighted by Crippen LogP contribution is 2.42. The number of pyridine rings is 1. The van der Waals surface area contributed by atoms with Crippen molar-refractivity contribution in [3.05, 3.63) is 29.2 Å². The molecular formula is C24H32ClN5O3S. The van der Waals surface area contributed by atoms with Crippen molar-refractivity contribution in [3.8, 4) is 0 Å². The van der Waals surface area contributed by atoms with Gasteiger partial charge in [-0.05, 0) is 44.6 Å². The van der Waals surface area contributed by atoms with E-state index < -0.39 is 5.60 Å². The molecule has 0 radical (unpaired) electrons. The smallest absolute Gasteiger partial charge is 0.152 e. The maximum Gasteiger partial charge on any atom is 0.152 e. The molecule has 0 amide bonds. The van der Waals surface area contributed by atoms with Crippen LogP contribution >= 0.6 is 23.4 Å². The second kappa shape index (κ2) is 9.43. The molecule has 3 aliphatic rings. The molecule has 0 aliphatic carbocycles. The zero-order valence-corrected chi connectivity index (χ0v) is 21.3. The molecular weight excluding hydrogens is 474 g/mol. The minimum absolute atomic E-state index is 0.164. The van der Waals surface area contributed by atoms with Gasteiger partial charge in [-0.2, -0.15) is 0 Å². The van der Waals surface area contributed by atoms with Crippen LogP contribution in [0.25, 0.3) is 0 Å². The molecule has 1 spiro atoms. The lowest BCUT2D eigenvalue weighted by Gasteiger charge is -2.46. The quantitative estimate of drug-likeness (QED) is 0.612. The van der Waals surface area contributed by atoms with Gasteiger partial charge in [-0.25, -0.2) is 15.0 Å². The van der Waals surface area contributed by atoms with Crippen LogP contribution in [0.1, 0.15) is 38.8 Å². The van der Waals surface area contributed by atoms with E-state index >= 15 is 0 Å². The Hall–Kier alpha value is -1.65. The number of anilines is 2. The summed E-state index contributed by atoms with van der Waals surface area (Å²) in [5, 5.41) is 21.5. The third-order valence-electron chi connectivity index (χ3n) is 7.49. The van der Waals surface area contributed by atoms with Gasteiger partial charge in [-0.3, -0.25) is 0 Å². The lowest BCUT2D eigenvalue weighted by molar-refractivity contribution is 0.00438. The van der Waals surface area contributed by atoms with E-state index in [1.54, 1.807) is 12.4 Å². The van der Waals surface area contributed by atoms with Gasteiger partial charge in [0.25, 0.3) is 0 Å². The Morgan fingerprint density at radius 3 is 2.59 bits per heavy atom. The summed E-state index contributed by atoms with van der Waals surface area (Å²) in [6.07, 6.45) is 6.80. The first kappa shape index (κ1) is 24.1. The van der Waals surface area contributed by atoms with Crippen molar-refractivity contribution >= 4 is 35.0 Å². The fourth-order valence-corrected chi connectivity index (χ4v) is 6.13. The van der Waals surface area contributed by atoms with E-state index in [1.165, 1.54) is 11.8 Å². The van der Waals surface area contributed by atoms with Crippen LogP contribution in [0.3, 0.4) is 0 Å². The van der Waals surface area contributed by atoms with E-state index in [0.717, 1.165) is 75.2 Å². The highest BCUT2D eigenvalue weighted by atomic mass is 35.5. The first-order valence-corrected chi connectivity index (χ1v) is 13.1. The molecule has 0 unspecified atom stereocenters. The number of halogens is 1. The first-order valence-electron chi connectivity index (χ1n) is 11.9. The molecule has 2 N–H and O–H groups in total. The summed E-state index contributed by atoms with van der Waals surface area (Å²) in [6.45, 7) is 8.47. The maximum absolute atomic E-state index is 10.2. The van der Waals surface area contributed by atoms with Crippen LogP contribution in [0.5, 0.6) is 0 Å². The molecule has 0 saturated carbocycles. The first-order chi connectivity index (χ1) is 16.3. The summed E-state index contributed by atoms with van der Waals surface area (Å²) in [5.74, 6) is 1.68. The number of nitrogens with zero attached hydrogens (tertiary/aromatic N) is 5. The van der Waals surface area contributed by atoms with Gasteiger partial charge < -0.3 is 24.7 Å². The second-order valence-corrected chi connectivity index (χ2v) is 11.7. The molecule has 8 nitrogen and oxygen atoms in total. The van der Waals surface area contributed by atoms with Crippen molar-refractivity contribution in [2.75, 3.05) is 49.2 Å². The number of ether oxygens (including phenoxy) is 1. The molecule has 184 valence electrons. The predicted molar refractivity (Wildman–Crippen MR) is 133 cm³/mol. The molecule has 5 heterocycles. The van der Waals surface area contributed by atoms with Crippen molar-refractivity contribution in [2.24, 2.45) is 11.3 Å². The minimum Gasteiger partial charge on any atom is -0.390 e. The minimum atomic E-state index is -0.715. The Morgan fingerprint density at radius 1 is 1.18 bits per heavy atom. The van der Waals surface area contributed by atoms with Crippen LogP contribution in [0.15, 0.2) is 28.4 Å². The lowest BCUT2D eigenvalue weighted by Crippen LogP contribution is -2.56. The molecule has 34 heavy (non-hydrogen) atoms. The monoisotopic (exact) mass is 505 g/mol. The Labute approximate surface area is 209 Å². The fourth-order valence-electron chi connectivity index (χ4n) is 4.98. The Balaban J connectivity index is 1.28. The molecule has 2 aromatic heterocycles. The van der Waals surface area contributed by atoms with E-state index in [1.807, 2.05) is 19.9 Å². The summed E-state index contributed by atoms with van der Waals surface area (Å²) in [4.78, 5) is 19.0. The van der Waals surface area contributed by atoms with Gasteiger partial charge in [0.15, 0.2) is 5.82 Å². The molecule has 2 aromatic rings. The number of hydrogen-bond acceptors (Lipinski definition) is 9. The number of piperidine rings is 1. The van der Waals surface area contributed by atoms with Gasteiger partial charge in [0, 0.05) is 49.8 Å². The third kappa shape index (κ3) is 4.73. The van der Waals surface area contributed by atoms with Crippen molar-refractivity contribution in [1.29, 1.82) is 0 Å². The Bertz CT molecular complexity index is 1030. The number of rotatable bonds is 6. The zero-order valence-electron chi connectivity index (χ0n) is 19.7. The van der Waals surface area contributed by atoms with Crippen LogP contribution in [0, 0.1) is 11.3 Å². The summed E-state index contributed by atoms with van der Waals surface area (Å²) < 4.78 is 5.64. The molecule has 0 bridgehead atoms. The normalized spacial score (nSPS) is 20.7. The Kier molecular flexibility index (Phi) is 6.67. The van der Waals surface area contributed by atoms with E-state index in [9.17, 15) is 10.2 Å². The van der Waals surface area contributed by atoms with E-state index in [2.05, 4.69) is 14.8 Å². The van der Waals surface area contributed by atoms with Crippen LogP contribution in [-0.4, -0.2) is 70.2 Å². The third-order valence-corrected chi connectivity index (χ3v) is 8.94. The molecule has 3 fully saturated rings. The van der Waals surface area contributed by atoms with Crippen LogP contribution in [0.4, 0.5) is 11.6 Å².